The number of carbonyl (C=O) groups excluding carboxylic acids is 12. The number of carbonyl (C=O) groups is 14. The van der Waals surface area contributed by atoms with Gasteiger partial charge in [-0.15, -0.1) is 0 Å². The van der Waals surface area contributed by atoms with Crippen molar-refractivity contribution in [3.05, 3.63) is 83.9 Å². The monoisotopic (exact) mass is 1540 g/mol. The van der Waals surface area contributed by atoms with Crippen LogP contribution in [0.15, 0.2) is 67.1 Å². The highest BCUT2D eigenvalue weighted by Gasteiger charge is 2.42. The van der Waals surface area contributed by atoms with E-state index in [2.05, 4.69) is 86.4 Å². The molecule has 0 unspecified atom stereocenters. The molecule has 14 atom stereocenters. The topological polar surface area (TPSA) is 639 Å². The maximum absolute atomic E-state index is 15.0. The predicted molar refractivity (Wildman–Crippen MR) is 390 cm³/mol. The Kier molecular flexibility index (Phi) is 38.1. The first-order chi connectivity index (χ1) is 51.3. The fraction of sp³-hybridized carbons (Fsp3) is 0.559. The number of aromatic amines is 1. The van der Waals surface area contributed by atoms with Gasteiger partial charge in [0.1, 0.15) is 84.3 Å². The fourth-order valence-corrected chi connectivity index (χ4v) is 11.5. The molecule has 0 radical (unpaired) electrons. The van der Waals surface area contributed by atoms with Crippen molar-refractivity contribution in [1.82, 2.24) is 78.7 Å². The van der Waals surface area contributed by atoms with Gasteiger partial charge in [0.05, 0.1) is 38.3 Å². The molecule has 3 aromatic rings. The van der Waals surface area contributed by atoms with Gasteiger partial charge in [0.25, 0.3) is 0 Å². The highest BCUT2D eigenvalue weighted by atomic mass is 32.1. The number of aromatic hydroxyl groups is 1. The van der Waals surface area contributed by atoms with Crippen LogP contribution in [0.25, 0.3) is 0 Å². The highest BCUT2D eigenvalue weighted by molar-refractivity contribution is 7.80. The molecule has 108 heavy (non-hydrogen) atoms. The van der Waals surface area contributed by atoms with Crippen LogP contribution in [0.3, 0.4) is 0 Å². The number of imidazole rings is 1. The first kappa shape index (κ1) is 89.8. The molecule has 12 amide bonds. The number of hydrogen-bond donors (Lipinski definition) is 24. The number of nitrogens with zero attached hydrogens (tertiary/aromatic N) is 2. The first-order valence-corrected chi connectivity index (χ1v) is 35.8. The number of nitrogens with two attached hydrogens (primary N) is 3. The predicted octanol–water partition coefficient (Wildman–Crippen LogP) is -6.65. The molecule has 0 aliphatic carbocycles. The van der Waals surface area contributed by atoms with Gasteiger partial charge >= 0.3 is 11.9 Å². The van der Waals surface area contributed by atoms with Crippen molar-refractivity contribution in [2.24, 2.45) is 29.0 Å². The Labute approximate surface area is 628 Å². The van der Waals surface area contributed by atoms with Crippen LogP contribution >= 0.6 is 12.6 Å². The van der Waals surface area contributed by atoms with Gasteiger partial charge in [0.15, 0.2) is 5.96 Å². The van der Waals surface area contributed by atoms with E-state index in [4.69, 9.17) is 22.6 Å². The first-order valence-electron chi connectivity index (χ1n) is 35.2. The molecule has 2 heterocycles. The molecule has 2 aromatic carbocycles. The molecule has 1 aliphatic heterocycles. The summed E-state index contributed by atoms with van der Waals surface area (Å²) < 4.78 is 0. The van der Waals surface area contributed by atoms with Crippen molar-refractivity contribution in [2.45, 2.75) is 183 Å². The number of unbranched alkanes of at least 4 members (excludes halogenated alkanes) is 1. The van der Waals surface area contributed by atoms with E-state index >= 15 is 0 Å². The number of thiol groups is 1. The van der Waals surface area contributed by atoms with Crippen molar-refractivity contribution in [3.63, 3.8) is 0 Å². The quantitative estimate of drug-likeness (QED) is 0.0108. The lowest BCUT2D eigenvalue weighted by Crippen LogP contribution is -2.62. The zero-order chi connectivity index (χ0) is 80.3. The number of aromatic nitrogens is 2. The highest BCUT2D eigenvalue weighted by Crippen LogP contribution is 2.22. The average Bonchev–Trinajstić information content (AvgIpc) is 1.61. The lowest BCUT2D eigenvalue weighted by molar-refractivity contribution is -0.143. The molecule has 1 fully saturated rings. The van der Waals surface area contributed by atoms with Crippen LogP contribution in [0.4, 0.5) is 0 Å². The van der Waals surface area contributed by atoms with Crippen molar-refractivity contribution < 1.29 is 97.8 Å². The van der Waals surface area contributed by atoms with Crippen LogP contribution in [-0.2, 0) is 86.4 Å². The number of aliphatic carboxylic acids is 2. The zero-order valence-electron chi connectivity index (χ0n) is 60.4. The number of likely N-dealkylation sites (tertiary alicyclic amines) is 1. The molecule has 1 saturated heterocycles. The summed E-state index contributed by atoms with van der Waals surface area (Å²) in [7, 11) is 0. The standard InChI is InChI=1S/C68H103N19O20S/c1-5-36(4)54(65(104)83-49(32-90)60(99)79-45(27-39-29-73-34-75-39)59(98)85-53(35(2)3)64(103)77-43(67(106)107)16-11-23-74-68(71)72)86-63(102)51-17-12-24-87(51)66(105)47(26-37-13-7-6-8-14-37)81-61(100)48(31-89)82-56(95)42(15-9-10-22-69)76-58(97)46(28-52(92)93)80-57(96)44(25-38-18-20-40(91)21-19-38)78-62(101)50(33-108)84-55(94)41(70)30-88/h6-8,13-14,18-21,29,34-36,41-51,53-54,88-91,108H,5,9-12,15-17,22-28,30-33,69-70H2,1-4H3,(H,73,75)(H,76,97)(H,77,103)(H,78,101)(H,79,99)(H,80,96)(H,81,100)(H,82,95)(H,83,104)(H,84,94)(H,85,98)(H,86,102)(H,92,93)(H,106,107)(H4,71,72,74)/t36-,41-,42-,43-,44-,45-,46-,47-,48-,49-,50-,51-,53-,54-/m0/s1. The molecule has 1 aliphatic rings. The van der Waals surface area contributed by atoms with E-state index in [0.717, 1.165) is 0 Å². The van der Waals surface area contributed by atoms with E-state index in [1.807, 2.05) is 0 Å². The van der Waals surface area contributed by atoms with Crippen LogP contribution < -0.4 is 81.0 Å². The van der Waals surface area contributed by atoms with Crippen molar-refractivity contribution in [3.8, 4) is 5.75 Å². The zero-order valence-corrected chi connectivity index (χ0v) is 61.3. The van der Waals surface area contributed by atoms with Gasteiger partial charge in [-0.1, -0.05) is 76.6 Å². The molecule has 26 N–H and O–H groups in total. The Morgan fingerprint density at radius 1 is 0.593 bits per heavy atom. The van der Waals surface area contributed by atoms with E-state index in [9.17, 15) is 97.8 Å². The summed E-state index contributed by atoms with van der Waals surface area (Å²) in [4.78, 5) is 201. The van der Waals surface area contributed by atoms with E-state index in [-0.39, 0.29) is 113 Å². The van der Waals surface area contributed by atoms with Crippen LogP contribution in [0, 0.1) is 17.2 Å². The maximum atomic E-state index is 15.0. The number of rotatable bonds is 47. The van der Waals surface area contributed by atoms with Gasteiger partial charge in [-0.3, -0.25) is 67.7 Å². The van der Waals surface area contributed by atoms with E-state index in [1.54, 1.807) is 58.0 Å². The second-order valence-electron chi connectivity index (χ2n) is 26.2. The fourth-order valence-electron chi connectivity index (χ4n) is 11.2. The van der Waals surface area contributed by atoms with Crippen molar-refractivity contribution >= 4 is 101 Å². The molecule has 0 spiro atoms. The number of H-pyrrole nitrogens is 1. The summed E-state index contributed by atoms with van der Waals surface area (Å²) in [5, 5.41) is 97.3. The van der Waals surface area contributed by atoms with E-state index < -0.39 is 199 Å². The minimum Gasteiger partial charge on any atom is -0.508 e. The number of guanidine groups is 1. The van der Waals surface area contributed by atoms with Gasteiger partial charge in [-0.05, 0) is 86.6 Å². The van der Waals surface area contributed by atoms with E-state index in [0.29, 0.717) is 11.1 Å². The Balaban J connectivity index is 1.55. The van der Waals surface area contributed by atoms with Crippen molar-refractivity contribution in [2.75, 3.05) is 45.2 Å². The molecule has 0 saturated carbocycles. The summed E-state index contributed by atoms with van der Waals surface area (Å²) in [5.74, 6) is -17.2. The number of phenols is 1. The molecule has 596 valence electrons. The molecular formula is C68H103N19O20S. The van der Waals surface area contributed by atoms with Crippen LogP contribution in [0.1, 0.15) is 102 Å². The third-order valence-electron chi connectivity index (χ3n) is 17.6. The number of hydrogen-bond acceptors (Lipinski definition) is 23. The number of aliphatic hydroxyl groups is 3. The average molecular weight is 1540 g/mol. The number of carboxylic acid groups (broad SMARTS) is 2. The van der Waals surface area contributed by atoms with E-state index in [1.165, 1.54) is 41.7 Å². The lowest BCUT2D eigenvalue weighted by atomic mass is 9.97. The van der Waals surface area contributed by atoms with Gasteiger partial charge in [-0.2, -0.15) is 12.6 Å². The molecule has 1 aromatic heterocycles. The number of nitrogens with one attached hydrogen (secondary N) is 14. The summed E-state index contributed by atoms with van der Waals surface area (Å²) in [5.41, 5.74) is 17.8. The van der Waals surface area contributed by atoms with Crippen LogP contribution in [-0.4, -0.2) is 258 Å². The number of phenolic OH excluding ortho intramolecular Hbond substituents is 1. The third-order valence-corrected chi connectivity index (χ3v) is 17.9. The third kappa shape index (κ3) is 29.3. The molecule has 4 rings (SSSR count). The Morgan fingerprint density at radius 3 is 1.65 bits per heavy atom. The number of amides is 12. The Hall–Kier alpha value is -10.5. The van der Waals surface area contributed by atoms with Gasteiger partial charge in [-0.25, -0.2) is 9.78 Å². The number of benzene rings is 2. The SMILES string of the molecule is CC[C@H](C)[C@H](NC(=O)[C@@H]1CCCN1C(=O)[C@H](Cc1ccccc1)NC(=O)[C@H](CO)NC(=O)[C@H](CCCCN)NC(=O)[C@H](CC(=O)O)NC(=O)[C@H](Cc1ccc(O)cc1)NC(=O)[C@H](CS)NC(=O)[C@@H](N)CO)C(=O)N[C@@H](CO)C(=O)N[C@@H](Cc1c[nH]cn1)C(=O)N[C@H](C(=O)N[C@@H](CCCNC(=N)N)C(=O)O)C(C)C. The minimum absolute atomic E-state index is 0.0416. The van der Waals surface area contributed by atoms with Crippen LogP contribution in [0.5, 0.6) is 5.75 Å². The number of carboxylic acids is 2. The second-order valence-corrected chi connectivity index (χ2v) is 26.6. The van der Waals surface area contributed by atoms with Gasteiger partial charge < -0.3 is 122 Å². The molecule has 39 nitrogen and oxygen atoms in total. The Bertz CT molecular complexity index is 3530. The Morgan fingerprint density at radius 2 is 1.09 bits per heavy atom. The normalized spacial score (nSPS) is 16.2. The summed E-state index contributed by atoms with van der Waals surface area (Å²) >= 11 is 4.11. The largest absolute Gasteiger partial charge is 0.508 e. The van der Waals surface area contributed by atoms with Crippen molar-refractivity contribution in [1.29, 1.82) is 5.41 Å². The molecule has 40 heteroatoms. The number of aliphatic hydroxyl groups excluding tert-OH is 3. The van der Waals surface area contributed by atoms with Gasteiger partial charge in [0.2, 0.25) is 70.9 Å². The van der Waals surface area contributed by atoms with Crippen LogP contribution in [0.2, 0.25) is 0 Å². The minimum atomic E-state index is -1.97. The summed E-state index contributed by atoms with van der Waals surface area (Å²) in [6.45, 7) is 3.72. The summed E-state index contributed by atoms with van der Waals surface area (Å²) in [6.07, 6.45) is 1.61. The second kappa shape index (κ2) is 45.8. The lowest BCUT2D eigenvalue weighted by Gasteiger charge is -2.32. The van der Waals surface area contributed by atoms with Gasteiger partial charge in [0, 0.05) is 44.3 Å². The maximum Gasteiger partial charge on any atom is 0.326 e. The molecular weight excluding hydrogens is 1430 g/mol. The summed E-state index contributed by atoms with van der Waals surface area (Å²) in [6, 6.07) is -6.68. The molecule has 0 bridgehead atoms. The smallest absolute Gasteiger partial charge is 0.326 e.